The van der Waals surface area contributed by atoms with Gasteiger partial charge in [0.1, 0.15) is 0 Å². The third-order valence-electron chi connectivity index (χ3n) is 2.33. The van der Waals surface area contributed by atoms with Crippen molar-refractivity contribution >= 4 is 48.9 Å². The van der Waals surface area contributed by atoms with Crippen molar-refractivity contribution < 1.29 is 9.53 Å². The van der Waals surface area contributed by atoms with Crippen LogP contribution in [0, 0.1) is 6.92 Å². The van der Waals surface area contributed by atoms with E-state index >= 15 is 0 Å². The standard InChI is InChI=1S/C11H8Br2N2O2/c1-5-8(12)3-6-9(13)7(11(16)17-2)4-14-10(6)15-5/h3-4H,1-2H3. The predicted octanol–water partition coefficient (Wildman–Crippen LogP) is 3.25. The van der Waals surface area contributed by atoms with Gasteiger partial charge in [-0.1, -0.05) is 0 Å². The number of esters is 1. The molecule has 2 aromatic rings. The maximum absolute atomic E-state index is 11.5. The number of aromatic nitrogens is 2. The summed E-state index contributed by atoms with van der Waals surface area (Å²) in [4.78, 5) is 20.0. The molecule has 0 fully saturated rings. The normalized spacial score (nSPS) is 10.6. The second-order valence-corrected chi connectivity index (χ2v) is 5.05. The van der Waals surface area contributed by atoms with E-state index in [-0.39, 0.29) is 0 Å². The minimum Gasteiger partial charge on any atom is -0.465 e. The number of hydrogen-bond donors (Lipinski definition) is 0. The molecular weight excluding hydrogens is 352 g/mol. The second-order valence-electron chi connectivity index (χ2n) is 3.40. The van der Waals surface area contributed by atoms with Crippen LogP contribution in [0.25, 0.3) is 11.0 Å². The Bertz CT molecular complexity index is 614. The lowest BCUT2D eigenvalue weighted by molar-refractivity contribution is 0.0599. The first-order valence-corrected chi connectivity index (χ1v) is 6.33. The number of aryl methyl sites for hydroxylation is 1. The Kier molecular flexibility index (Phi) is 3.44. The summed E-state index contributed by atoms with van der Waals surface area (Å²) in [5.41, 5.74) is 1.82. The summed E-state index contributed by atoms with van der Waals surface area (Å²) in [6.45, 7) is 1.88. The lowest BCUT2D eigenvalue weighted by Gasteiger charge is -2.06. The van der Waals surface area contributed by atoms with Crippen molar-refractivity contribution in [2.75, 3.05) is 7.11 Å². The molecule has 2 rings (SSSR count). The highest BCUT2D eigenvalue weighted by Crippen LogP contribution is 2.29. The van der Waals surface area contributed by atoms with Crippen LogP contribution in [0.2, 0.25) is 0 Å². The summed E-state index contributed by atoms with van der Waals surface area (Å²) in [5.74, 6) is -0.428. The maximum Gasteiger partial charge on any atom is 0.340 e. The molecular formula is C11H8Br2N2O2. The molecule has 2 aromatic heterocycles. The average Bonchev–Trinajstić information content (AvgIpc) is 2.31. The van der Waals surface area contributed by atoms with E-state index in [2.05, 4.69) is 46.6 Å². The highest BCUT2D eigenvalue weighted by Gasteiger charge is 2.15. The molecule has 0 N–H and O–H groups in total. The molecule has 0 aliphatic heterocycles. The Morgan fingerprint density at radius 3 is 2.76 bits per heavy atom. The molecule has 0 bridgehead atoms. The molecule has 0 saturated heterocycles. The van der Waals surface area contributed by atoms with Crippen LogP contribution in [0.1, 0.15) is 16.1 Å². The third kappa shape index (κ3) is 2.19. The molecule has 0 saturated carbocycles. The van der Waals surface area contributed by atoms with Crippen LogP contribution in [0.3, 0.4) is 0 Å². The first-order valence-electron chi connectivity index (χ1n) is 4.74. The first-order chi connectivity index (χ1) is 8.04. The van der Waals surface area contributed by atoms with Gasteiger partial charge in [0.25, 0.3) is 0 Å². The summed E-state index contributed by atoms with van der Waals surface area (Å²) in [7, 11) is 1.34. The van der Waals surface area contributed by atoms with Crippen LogP contribution in [0.15, 0.2) is 21.2 Å². The second kappa shape index (κ2) is 4.70. The molecule has 0 aliphatic carbocycles. The average molecular weight is 360 g/mol. The number of hydrogen-bond acceptors (Lipinski definition) is 4. The number of nitrogens with zero attached hydrogens (tertiary/aromatic N) is 2. The van der Waals surface area contributed by atoms with Crippen molar-refractivity contribution in [3.8, 4) is 0 Å². The van der Waals surface area contributed by atoms with E-state index in [0.717, 1.165) is 15.6 Å². The largest absolute Gasteiger partial charge is 0.465 e. The van der Waals surface area contributed by atoms with E-state index in [9.17, 15) is 4.79 Å². The van der Waals surface area contributed by atoms with E-state index in [1.54, 1.807) is 0 Å². The molecule has 0 spiro atoms. The molecule has 88 valence electrons. The van der Waals surface area contributed by atoms with Gasteiger partial charge >= 0.3 is 5.97 Å². The van der Waals surface area contributed by atoms with Gasteiger partial charge in [0.15, 0.2) is 5.65 Å². The number of pyridine rings is 2. The van der Waals surface area contributed by atoms with Crippen LogP contribution in [-0.4, -0.2) is 23.0 Å². The summed E-state index contributed by atoms with van der Waals surface area (Å²) in [6, 6.07) is 1.88. The fourth-order valence-electron chi connectivity index (χ4n) is 1.41. The van der Waals surface area contributed by atoms with Gasteiger partial charge in [-0.3, -0.25) is 0 Å². The molecule has 0 aromatic carbocycles. The van der Waals surface area contributed by atoms with Gasteiger partial charge in [0.2, 0.25) is 0 Å². The van der Waals surface area contributed by atoms with Crippen molar-refractivity contribution in [3.05, 3.63) is 32.5 Å². The minimum absolute atomic E-state index is 0.387. The van der Waals surface area contributed by atoms with Gasteiger partial charge in [-0.05, 0) is 44.8 Å². The van der Waals surface area contributed by atoms with Gasteiger partial charge < -0.3 is 4.74 Å². The SMILES string of the molecule is COC(=O)c1cnc2nc(C)c(Br)cc2c1Br. The van der Waals surface area contributed by atoms with Crippen molar-refractivity contribution in [2.45, 2.75) is 6.92 Å². The van der Waals surface area contributed by atoms with E-state index in [4.69, 9.17) is 0 Å². The molecule has 4 nitrogen and oxygen atoms in total. The number of ether oxygens (including phenoxy) is 1. The molecule has 17 heavy (non-hydrogen) atoms. The topological polar surface area (TPSA) is 52.1 Å². The molecule has 0 amide bonds. The van der Waals surface area contributed by atoms with E-state index in [0.29, 0.717) is 15.7 Å². The smallest absolute Gasteiger partial charge is 0.340 e. The van der Waals surface area contributed by atoms with Crippen LogP contribution in [0.4, 0.5) is 0 Å². The minimum atomic E-state index is -0.428. The van der Waals surface area contributed by atoms with Crippen LogP contribution in [-0.2, 0) is 4.74 Å². The quantitative estimate of drug-likeness (QED) is 0.733. The highest BCUT2D eigenvalue weighted by molar-refractivity contribution is 9.11. The zero-order valence-electron chi connectivity index (χ0n) is 9.12. The molecule has 6 heteroatoms. The van der Waals surface area contributed by atoms with Crippen LogP contribution < -0.4 is 0 Å². The number of rotatable bonds is 1. The van der Waals surface area contributed by atoms with Gasteiger partial charge in [-0.15, -0.1) is 0 Å². The third-order valence-corrected chi connectivity index (χ3v) is 3.98. The fraction of sp³-hybridized carbons (Fsp3) is 0.182. The van der Waals surface area contributed by atoms with Gasteiger partial charge in [0, 0.05) is 20.5 Å². The highest BCUT2D eigenvalue weighted by atomic mass is 79.9. The van der Waals surface area contributed by atoms with E-state index in [1.807, 2.05) is 13.0 Å². The lowest BCUT2D eigenvalue weighted by atomic mass is 10.2. The first kappa shape index (κ1) is 12.4. The maximum atomic E-state index is 11.5. The van der Waals surface area contributed by atoms with Crippen LogP contribution >= 0.6 is 31.9 Å². The van der Waals surface area contributed by atoms with Crippen molar-refractivity contribution in [1.29, 1.82) is 0 Å². The predicted molar refractivity (Wildman–Crippen MR) is 71.0 cm³/mol. The summed E-state index contributed by atoms with van der Waals surface area (Å²) in [5, 5.41) is 0.769. The summed E-state index contributed by atoms with van der Waals surface area (Å²) in [6.07, 6.45) is 1.46. The number of carbonyl (C=O) groups excluding carboxylic acids is 1. The Labute approximate surface area is 115 Å². The van der Waals surface area contributed by atoms with Crippen molar-refractivity contribution in [2.24, 2.45) is 0 Å². The molecule has 0 unspecified atom stereocenters. The monoisotopic (exact) mass is 358 g/mol. The van der Waals surface area contributed by atoms with Crippen molar-refractivity contribution in [1.82, 2.24) is 9.97 Å². The van der Waals surface area contributed by atoms with Gasteiger partial charge in [0.05, 0.1) is 18.4 Å². The Hall–Kier alpha value is -1.01. The molecule has 2 heterocycles. The zero-order valence-corrected chi connectivity index (χ0v) is 12.3. The molecule has 0 radical (unpaired) electrons. The lowest BCUT2D eigenvalue weighted by Crippen LogP contribution is -2.04. The summed E-state index contributed by atoms with van der Waals surface area (Å²) >= 11 is 6.78. The number of methoxy groups -OCH3 is 1. The van der Waals surface area contributed by atoms with Gasteiger partial charge in [-0.25, -0.2) is 14.8 Å². The van der Waals surface area contributed by atoms with Crippen LogP contribution in [0.5, 0.6) is 0 Å². The number of carbonyl (C=O) groups is 1. The fourth-order valence-corrected chi connectivity index (χ4v) is 2.28. The summed E-state index contributed by atoms with van der Waals surface area (Å²) < 4.78 is 6.19. The number of fused-ring (bicyclic) bond motifs is 1. The molecule has 0 aliphatic rings. The Morgan fingerprint density at radius 1 is 1.41 bits per heavy atom. The number of halogens is 2. The van der Waals surface area contributed by atoms with Crippen molar-refractivity contribution in [3.63, 3.8) is 0 Å². The van der Waals surface area contributed by atoms with Gasteiger partial charge in [-0.2, -0.15) is 0 Å². The Balaban J connectivity index is 2.75. The Morgan fingerprint density at radius 2 is 2.12 bits per heavy atom. The molecule has 0 atom stereocenters. The zero-order chi connectivity index (χ0) is 12.6. The van der Waals surface area contributed by atoms with E-state index in [1.165, 1.54) is 13.3 Å². The van der Waals surface area contributed by atoms with E-state index < -0.39 is 5.97 Å².